The molecule has 1 N–H and O–H groups in total. The summed E-state index contributed by atoms with van der Waals surface area (Å²) in [5.74, 6) is 1.30. The first-order chi connectivity index (χ1) is 12.7. The number of nitrogens with zero attached hydrogens (tertiary/aromatic N) is 5. The third-order valence-electron chi connectivity index (χ3n) is 4.64. The highest BCUT2D eigenvalue weighted by molar-refractivity contribution is 7.10. The van der Waals surface area contributed by atoms with Crippen molar-refractivity contribution in [3.05, 3.63) is 69.9 Å². The molecule has 4 aromatic rings. The van der Waals surface area contributed by atoms with Crippen LogP contribution in [0.3, 0.4) is 0 Å². The summed E-state index contributed by atoms with van der Waals surface area (Å²) in [6.45, 7) is 4.48. The van der Waals surface area contributed by atoms with Gasteiger partial charge in [0.05, 0.1) is 6.04 Å². The topological polar surface area (TPSA) is 68.0 Å². The van der Waals surface area contributed by atoms with Crippen molar-refractivity contribution < 1.29 is 0 Å². The van der Waals surface area contributed by atoms with Crippen molar-refractivity contribution in [3.63, 3.8) is 0 Å². The summed E-state index contributed by atoms with van der Waals surface area (Å²) in [5.41, 5.74) is 3.20. The Morgan fingerprint density at radius 1 is 1.08 bits per heavy atom. The van der Waals surface area contributed by atoms with Crippen molar-refractivity contribution in [3.8, 4) is 0 Å². The highest BCUT2D eigenvalue weighted by atomic mass is 32.1. The number of fused-ring (bicyclic) bond motifs is 1. The summed E-state index contributed by atoms with van der Waals surface area (Å²) in [7, 11) is 0. The molecule has 3 aromatic heterocycles. The van der Waals surface area contributed by atoms with Gasteiger partial charge in [0.2, 0.25) is 0 Å². The number of aromatic nitrogens is 5. The summed E-state index contributed by atoms with van der Waals surface area (Å²) in [6, 6.07) is 16.9. The summed E-state index contributed by atoms with van der Waals surface area (Å²) in [5, 5.41) is 21.5. The highest BCUT2D eigenvalue weighted by Crippen LogP contribution is 2.30. The van der Waals surface area contributed by atoms with Crippen LogP contribution < -0.4 is 5.32 Å². The van der Waals surface area contributed by atoms with E-state index >= 15 is 0 Å². The first-order valence-electron chi connectivity index (χ1n) is 8.70. The van der Waals surface area contributed by atoms with E-state index in [1.165, 1.54) is 20.6 Å². The number of rotatable bonds is 6. The van der Waals surface area contributed by atoms with Gasteiger partial charge in [-0.3, -0.25) is 0 Å². The fourth-order valence-electron chi connectivity index (χ4n) is 2.90. The smallest absolute Gasteiger partial charge is 0.200 e. The average molecular weight is 364 g/mol. The molecule has 2 atom stereocenters. The average Bonchev–Trinajstić information content (AvgIpc) is 3.37. The minimum Gasteiger partial charge on any atom is -0.357 e. The van der Waals surface area contributed by atoms with Crippen LogP contribution >= 0.6 is 11.3 Å². The number of benzene rings is 1. The summed E-state index contributed by atoms with van der Waals surface area (Å²) < 4.78 is 1.43. The van der Waals surface area contributed by atoms with Gasteiger partial charge in [0.15, 0.2) is 5.65 Å². The molecule has 0 aliphatic rings. The van der Waals surface area contributed by atoms with Gasteiger partial charge in [-0.2, -0.15) is 0 Å². The Hall–Kier alpha value is -2.80. The maximum Gasteiger partial charge on any atom is 0.200 e. The van der Waals surface area contributed by atoms with Crippen molar-refractivity contribution in [2.24, 2.45) is 0 Å². The molecule has 4 rings (SSSR count). The predicted molar refractivity (Wildman–Crippen MR) is 104 cm³/mol. The van der Waals surface area contributed by atoms with Crippen LogP contribution in [0.1, 0.15) is 48.2 Å². The molecule has 0 unspecified atom stereocenters. The molecule has 3 heterocycles. The van der Waals surface area contributed by atoms with E-state index in [1.807, 2.05) is 12.1 Å². The van der Waals surface area contributed by atoms with E-state index in [0.717, 1.165) is 12.2 Å². The van der Waals surface area contributed by atoms with Crippen LogP contribution in [0.5, 0.6) is 0 Å². The van der Waals surface area contributed by atoms with E-state index in [-0.39, 0.29) is 6.04 Å². The number of nitrogens with one attached hydrogen (secondary N) is 1. The van der Waals surface area contributed by atoms with E-state index in [0.29, 0.717) is 11.6 Å². The standard InChI is InChI=1S/C19H20N6S/c1-3-13(2)14-6-8-15(9-7-14)19(16-5-4-12-26-16)20-17-10-11-18-21-23-24-25(18)22-17/h4-13,19H,3H2,1-2H3,(H,20,22)/t13-,19-/m1/s1. The number of anilines is 1. The molecular formula is C19H20N6S. The molecule has 6 nitrogen and oxygen atoms in total. The van der Waals surface area contributed by atoms with Crippen LogP contribution in [0.25, 0.3) is 5.65 Å². The maximum atomic E-state index is 4.44. The van der Waals surface area contributed by atoms with Gasteiger partial charge in [-0.05, 0) is 57.5 Å². The fraction of sp³-hybridized carbons (Fsp3) is 0.263. The lowest BCUT2D eigenvalue weighted by atomic mass is 9.95. The Morgan fingerprint density at radius 3 is 2.62 bits per heavy atom. The minimum atomic E-state index is 0.0300. The van der Waals surface area contributed by atoms with Crippen LogP contribution in [0.15, 0.2) is 53.9 Å². The Bertz CT molecular complexity index is 977. The summed E-state index contributed by atoms with van der Waals surface area (Å²) >= 11 is 1.73. The summed E-state index contributed by atoms with van der Waals surface area (Å²) in [6.07, 6.45) is 1.14. The zero-order valence-corrected chi connectivity index (χ0v) is 15.5. The van der Waals surface area contributed by atoms with Gasteiger partial charge >= 0.3 is 0 Å². The third-order valence-corrected chi connectivity index (χ3v) is 5.58. The number of thiophene rings is 1. The molecule has 0 amide bonds. The van der Waals surface area contributed by atoms with Crippen LogP contribution in [-0.2, 0) is 0 Å². The van der Waals surface area contributed by atoms with Crippen molar-refractivity contribution >= 4 is 22.8 Å². The normalized spacial score (nSPS) is 13.6. The van der Waals surface area contributed by atoms with Crippen LogP contribution in [0.2, 0.25) is 0 Å². The molecule has 1 aromatic carbocycles. The van der Waals surface area contributed by atoms with Crippen molar-refractivity contribution in [1.29, 1.82) is 0 Å². The SMILES string of the molecule is CC[C@@H](C)c1ccc([C@@H](Nc2ccc3nnnn3n2)c2cccs2)cc1. The lowest BCUT2D eigenvalue weighted by Gasteiger charge is -2.19. The molecule has 0 bridgehead atoms. The molecule has 0 aliphatic carbocycles. The van der Waals surface area contributed by atoms with Crippen LogP contribution in [-0.4, -0.2) is 25.3 Å². The molecule has 0 fully saturated rings. The molecule has 132 valence electrons. The monoisotopic (exact) mass is 364 g/mol. The maximum absolute atomic E-state index is 4.44. The second kappa shape index (κ2) is 7.21. The van der Waals surface area contributed by atoms with Crippen molar-refractivity contribution in [1.82, 2.24) is 25.3 Å². The second-order valence-electron chi connectivity index (χ2n) is 6.31. The van der Waals surface area contributed by atoms with E-state index in [9.17, 15) is 0 Å². The predicted octanol–water partition coefficient (Wildman–Crippen LogP) is 4.30. The van der Waals surface area contributed by atoms with E-state index < -0.39 is 0 Å². The van der Waals surface area contributed by atoms with Crippen LogP contribution in [0, 0.1) is 0 Å². The largest absolute Gasteiger partial charge is 0.357 e. The van der Waals surface area contributed by atoms with Gasteiger partial charge in [-0.1, -0.05) is 44.2 Å². The number of hydrogen-bond acceptors (Lipinski definition) is 6. The molecule has 0 spiro atoms. The van der Waals surface area contributed by atoms with Crippen molar-refractivity contribution in [2.75, 3.05) is 5.32 Å². The second-order valence-corrected chi connectivity index (χ2v) is 7.29. The van der Waals surface area contributed by atoms with Gasteiger partial charge in [0.25, 0.3) is 0 Å². The first-order valence-corrected chi connectivity index (χ1v) is 9.58. The highest BCUT2D eigenvalue weighted by Gasteiger charge is 2.17. The zero-order valence-electron chi connectivity index (χ0n) is 14.7. The third kappa shape index (κ3) is 3.30. The lowest BCUT2D eigenvalue weighted by molar-refractivity contribution is 0.729. The Morgan fingerprint density at radius 2 is 1.88 bits per heavy atom. The first kappa shape index (κ1) is 16.7. The lowest BCUT2D eigenvalue weighted by Crippen LogP contribution is -2.13. The Balaban J connectivity index is 1.66. The zero-order chi connectivity index (χ0) is 17.9. The fourth-order valence-corrected chi connectivity index (χ4v) is 3.70. The molecular weight excluding hydrogens is 344 g/mol. The van der Waals surface area contributed by atoms with Crippen molar-refractivity contribution in [2.45, 2.75) is 32.2 Å². The van der Waals surface area contributed by atoms with Gasteiger partial charge in [-0.15, -0.1) is 26.2 Å². The van der Waals surface area contributed by atoms with Gasteiger partial charge in [0, 0.05) is 4.88 Å². The molecule has 0 aliphatic heterocycles. The van der Waals surface area contributed by atoms with Crippen LogP contribution in [0.4, 0.5) is 5.82 Å². The number of tetrazole rings is 1. The van der Waals surface area contributed by atoms with Gasteiger partial charge in [-0.25, -0.2) is 0 Å². The van der Waals surface area contributed by atoms with E-state index in [1.54, 1.807) is 11.3 Å². The minimum absolute atomic E-state index is 0.0300. The number of hydrogen-bond donors (Lipinski definition) is 1. The summed E-state index contributed by atoms with van der Waals surface area (Å²) in [4.78, 5) is 1.24. The van der Waals surface area contributed by atoms with E-state index in [4.69, 9.17) is 0 Å². The molecule has 26 heavy (non-hydrogen) atoms. The Labute approximate surface area is 155 Å². The van der Waals surface area contributed by atoms with Gasteiger partial charge in [0.1, 0.15) is 5.82 Å². The molecule has 0 saturated carbocycles. The molecule has 0 saturated heterocycles. The quantitative estimate of drug-likeness (QED) is 0.552. The molecule has 0 radical (unpaired) electrons. The molecule has 7 heteroatoms. The Kier molecular flexibility index (Phi) is 4.62. The van der Waals surface area contributed by atoms with E-state index in [2.05, 4.69) is 81.6 Å². The van der Waals surface area contributed by atoms with Gasteiger partial charge < -0.3 is 5.32 Å².